The summed E-state index contributed by atoms with van der Waals surface area (Å²) in [5, 5.41) is 0. The zero-order chi connectivity index (χ0) is 19.7. The Balaban J connectivity index is 1.45. The summed E-state index contributed by atoms with van der Waals surface area (Å²) in [6.45, 7) is 7.74. The van der Waals surface area contributed by atoms with Gasteiger partial charge in [-0.3, -0.25) is 4.79 Å². The lowest BCUT2D eigenvalue weighted by Crippen LogP contribution is -2.46. The lowest BCUT2D eigenvalue weighted by molar-refractivity contribution is -0.132. The van der Waals surface area contributed by atoms with Crippen molar-refractivity contribution in [1.29, 1.82) is 0 Å². The average Bonchev–Trinajstić information content (AvgIpc) is 3.00. The Morgan fingerprint density at radius 2 is 2.04 bits per heavy atom. The molecule has 0 amide bonds. The van der Waals surface area contributed by atoms with Crippen molar-refractivity contribution in [3.8, 4) is 0 Å². The van der Waals surface area contributed by atoms with Crippen molar-refractivity contribution in [2.24, 2.45) is 29.1 Å². The van der Waals surface area contributed by atoms with Crippen LogP contribution in [-0.2, 0) is 9.53 Å². The van der Waals surface area contributed by atoms with Gasteiger partial charge in [-0.05, 0) is 81.1 Å². The molecule has 4 atom stereocenters. The van der Waals surface area contributed by atoms with E-state index in [0.717, 1.165) is 57.0 Å². The number of ketones is 1. The van der Waals surface area contributed by atoms with Gasteiger partial charge in [0.1, 0.15) is 5.78 Å². The van der Waals surface area contributed by atoms with E-state index in [1.165, 1.54) is 44.3 Å². The van der Waals surface area contributed by atoms with Crippen molar-refractivity contribution in [2.75, 3.05) is 6.61 Å². The molecule has 156 valence electrons. The second kappa shape index (κ2) is 8.36. The summed E-state index contributed by atoms with van der Waals surface area (Å²) in [5.41, 5.74) is 3.47. The minimum absolute atomic E-state index is 0.0332. The van der Waals surface area contributed by atoms with Crippen LogP contribution in [0.5, 0.6) is 0 Å². The lowest BCUT2D eigenvalue weighted by Gasteiger charge is -2.51. The molecule has 0 N–H and O–H groups in total. The predicted molar refractivity (Wildman–Crippen MR) is 115 cm³/mol. The molecule has 0 aromatic heterocycles. The summed E-state index contributed by atoms with van der Waals surface area (Å²) in [6, 6.07) is 0. The van der Waals surface area contributed by atoms with Gasteiger partial charge < -0.3 is 4.74 Å². The third-order valence-electron chi connectivity index (χ3n) is 8.31. The fourth-order valence-corrected chi connectivity index (χ4v) is 7.24. The molecular formula is C26H40O2. The van der Waals surface area contributed by atoms with E-state index >= 15 is 0 Å². The summed E-state index contributed by atoms with van der Waals surface area (Å²) in [6.07, 6.45) is 16.3. The van der Waals surface area contributed by atoms with E-state index in [1.807, 2.05) is 0 Å². The third-order valence-corrected chi connectivity index (χ3v) is 8.31. The number of hydrogen-bond acceptors (Lipinski definition) is 2. The molecule has 4 aliphatic rings. The van der Waals surface area contributed by atoms with Crippen molar-refractivity contribution in [2.45, 2.75) is 97.8 Å². The Kier molecular flexibility index (Phi) is 6.04. The molecule has 0 bridgehead atoms. The van der Waals surface area contributed by atoms with Crippen LogP contribution < -0.4 is 0 Å². The first-order valence-electron chi connectivity index (χ1n) is 12.1. The number of Topliss-reactive ketones (excluding diaryl/α,β-unsaturated/α-hetero) is 1. The zero-order valence-electron chi connectivity index (χ0n) is 18.4. The molecule has 4 rings (SSSR count). The molecule has 0 radical (unpaired) electrons. The van der Waals surface area contributed by atoms with Gasteiger partial charge in [0.15, 0.2) is 0 Å². The topological polar surface area (TPSA) is 26.3 Å². The van der Waals surface area contributed by atoms with Crippen LogP contribution in [0.1, 0.15) is 97.8 Å². The highest BCUT2D eigenvalue weighted by Gasteiger charge is 2.57. The first kappa shape index (κ1) is 20.2. The minimum Gasteiger partial charge on any atom is -0.498 e. The molecule has 2 nitrogen and oxygen atoms in total. The predicted octanol–water partition coefficient (Wildman–Crippen LogP) is 7.00. The molecule has 0 aromatic carbocycles. The van der Waals surface area contributed by atoms with Gasteiger partial charge in [0, 0.05) is 18.3 Å². The molecule has 2 heteroatoms. The van der Waals surface area contributed by atoms with Crippen molar-refractivity contribution in [3.05, 3.63) is 23.0 Å². The Bertz CT molecular complexity index is 655. The Morgan fingerprint density at radius 3 is 2.82 bits per heavy atom. The largest absolute Gasteiger partial charge is 0.498 e. The number of rotatable bonds is 7. The normalized spacial score (nSPS) is 34.8. The molecule has 0 spiro atoms. The van der Waals surface area contributed by atoms with Crippen molar-refractivity contribution in [3.63, 3.8) is 0 Å². The van der Waals surface area contributed by atoms with E-state index in [4.69, 9.17) is 4.74 Å². The average molecular weight is 385 g/mol. The van der Waals surface area contributed by atoms with Gasteiger partial charge in [-0.25, -0.2) is 0 Å². The summed E-state index contributed by atoms with van der Waals surface area (Å²) in [5.74, 6) is 4.64. The summed E-state index contributed by atoms with van der Waals surface area (Å²) < 4.78 is 6.10. The number of fused-ring (bicyclic) bond motifs is 4. The highest BCUT2D eigenvalue weighted by atomic mass is 16.5. The van der Waals surface area contributed by atoms with Gasteiger partial charge in [-0.15, -0.1) is 0 Å². The molecule has 2 fully saturated rings. The first-order valence-corrected chi connectivity index (χ1v) is 12.1. The van der Waals surface area contributed by atoms with Crippen LogP contribution in [0.4, 0.5) is 0 Å². The number of carbonyl (C=O) groups excluding carboxylic acids is 1. The fourth-order valence-electron chi connectivity index (χ4n) is 7.24. The van der Waals surface area contributed by atoms with Gasteiger partial charge in [0.2, 0.25) is 0 Å². The van der Waals surface area contributed by atoms with Crippen molar-refractivity contribution in [1.82, 2.24) is 0 Å². The monoisotopic (exact) mass is 384 g/mol. The van der Waals surface area contributed by atoms with Crippen LogP contribution in [0.15, 0.2) is 23.0 Å². The Labute approximate surface area is 172 Å². The maximum Gasteiger partial charge on any atom is 0.139 e. The van der Waals surface area contributed by atoms with E-state index in [1.54, 1.807) is 11.1 Å². The summed E-state index contributed by atoms with van der Waals surface area (Å²) >= 11 is 0. The van der Waals surface area contributed by atoms with Gasteiger partial charge in [0.25, 0.3) is 0 Å². The third kappa shape index (κ3) is 3.61. The molecule has 0 saturated heterocycles. The minimum atomic E-state index is 0.0332. The quantitative estimate of drug-likeness (QED) is 0.349. The standard InChI is InChI=1S/C26H40O2/c1-4-5-6-15-28-20-8-10-21-19(16-20)7-9-23-22(21)13-14-26(17-18(2)3)24(23)11-12-25(26)27/h8,18,22-24H,4-7,9-17H2,1-3H3/t22-,23-,24+,26-/m1/s1. The SMILES string of the molecule is CCCCCOC1=CCC2=C(CC[C@@H]3[C@@H]2CC[C@]2(CC(C)C)C(=O)CC[C@@H]32)C1. The van der Waals surface area contributed by atoms with Crippen LogP contribution in [0, 0.1) is 29.1 Å². The second-order valence-corrected chi connectivity index (χ2v) is 10.4. The highest BCUT2D eigenvalue weighted by Crippen LogP contribution is 2.61. The molecular weight excluding hydrogens is 344 g/mol. The van der Waals surface area contributed by atoms with E-state index < -0.39 is 0 Å². The molecule has 2 saturated carbocycles. The van der Waals surface area contributed by atoms with Crippen molar-refractivity contribution < 1.29 is 9.53 Å². The first-order chi connectivity index (χ1) is 13.5. The molecule has 0 heterocycles. The molecule has 0 aromatic rings. The summed E-state index contributed by atoms with van der Waals surface area (Å²) in [4.78, 5) is 13.0. The van der Waals surface area contributed by atoms with Crippen LogP contribution >= 0.6 is 0 Å². The van der Waals surface area contributed by atoms with E-state index in [9.17, 15) is 4.79 Å². The van der Waals surface area contributed by atoms with Gasteiger partial charge in [-0.1, -0.05) is 44.8 Å². The van der Waals surface area contributed by atoms with E-state index in [-0.39, 0.29) is 5.41 Å². The van der Waals surface area contributed by atoms with Crippen LogP contribution in [-0.4, -0.2) is 12.4 Å². The van der Waals surface area contributed by atoms with Gasteiger partial charge in [-0.2, -0.15) is 0 Å². The fraction of sp³-hybridized carbons (Fsp3) is 0.808. The molecule has 28 heavy (non-hydrogen) atoms. The van der Waals surface area contributed by atoms with Crippen LogP contribution in [0.25, 0.3) is 0 Å². The molecule has 4 aliphatic carbocycles. The zero-order valence-corrected chi connectivity index (χ0v) is 18.4. The lowest BCUT2D eigenvalue weighted by atomic mass is 9.52. The Morgan fingerprint density at radius 1 is 1.18 bits per heavy atom. The number of ether oxygens (including phenoxy) is 1. The molecule has 0 unspecified atom stereocenters. The van der Waals surface area contributed by atoms with Crippen LogP contribution in [0.3, 0.4) is 0 Å². The van der Waals surface area contributed by atoms with Crippen LogP contribution in [0.2, 0.25) is 0 Å². The summed E-state index contributed by atoms with van der Waals surface area (Å²) in [7, 11) is 0. The number of unbranched alkanes of at least 4 members (excludes halogenated alkanes) is 2. The second-order valence-electron chi connectivity index (χ2n) is 10.4. The highest BCUT2D eigenvalue weighted by molar-refractivity contribution is 5.87. The smallest absolute Gasteiger partial charge is 0.139 e. The Hall–Kier alpha value is -1.05. The number of hydrogen-bond donors (Lipinski definition) is 0. The number of carbonyl (C=O) groups is 1. The van der Waals surface area contributed by atoms with Crippen molar-refractivity contribution >= 4 is 5.78 Å². The maximum atomic E-state index is 13.0. The van der Waals surface area contributed by atoms with E-state index in [2.05, 4.69) is 26.8 Å². The molecule has 0 aliphatic heterocycles. The van der Waals surface area contributed by atoms with E-state index in [0.29, 0.717) is 17.6 Å². The van der Waals surface area contributed by atoms with Gasteiger partial charge >= 0.3 is 0 Å². The number of allylic oxidation sites excluding steroid dienone is 3. The van der Waals surface area contributed by atoms with Gasteiger partial charge in [0.05, 0.1) is 12.4 Å². The maximum absolute atomic E-state index is 13.0.